The summed E-state index contributed by atoms with van der Waals surface area (Å²) in [4.78, 5) is 0. The van der Waals surface area contributed by atoms with Crippen molar-refractivity contribution in [2.24, 2.45) is 11.7 Å². The molecule has 0 amide bonds. The predicted octanol–water partition coefficient (Wildman–Crippen LogP) is 1.60. The Hall–Kier alpha value is -0.0551. The Bertz CT molecular complexity index is 200. The Balaban J connectivity index is 2.73. The van der Waals surface area contributed by atoms with Crippen LogP contribution in [0.2, 0.25) is 0 Å². The molecule has 14 heavy (non-hydrogen) atoms. The minimum absolute atomic E-state index is 0.0592. The normalized spacial score (nSPS) is 27.0. The van der Waals surface area contributed by atoms with E-state index in [9.17, 15) is 0 Å². The highest BCUT2D eigenvalue weighted by Gasteiger charge is 2.53. The topological polar surface area (TPSA) is 44.5 Å². The molecule has 1 aliphatic rings. The third kappa shape index (κ3) is 1.97. The highest BCUT2D eigenvalue weighted by atomic mass is 16.7. The third-order valence-electron chi connectivity index (χ3n) is 3.36. The molecule has 4 heteroatoms. The van der Waals surface area contributed by atoms with Gasteiger partial charge in [-0.3, -0.25) is 0 Å². The number of nitrogens with two attached hydrogens (primary N) is 1. The minimum Gasteiger partial charge on any atom is -0.402 e. The average Bonchev–Trinajstić information content (AvgIpc) is 2.20. The first-order chi connectivity index (χ1) is 6.17. The van der Waals surface area contributed by atoms with Crippen LogP contribution in [-0.2, 0) is 9.31 Å². The molecule has 1 fully saturated rings. The van der Waals surface area contributed by atoms with Crippen molar-refractivity contribution >= 4 is 7.12 Å². The standard InChI is InChI=1S/C10H22BNO2/c1-7(2)8(12)11-13-9(3,4)10(5,6)14-11/h7-8H,12H2,1-6H3/t8-/m0/s1. The number of rotatable bonds is 2. The molecule has 3 nitrogen and oxygen atoms in total. The Morgan fingerprint density at radius 2 is 1.36 bits per heavy atom. The van der Waals surface area contributed by atoms with Crippen LogP contribution in [-0.4, -0.2) is 24.3 Å². The summed E-state index contributed by atoms with van der Waals surface area (Å²) in [6, 6.07) is 0. The van der Waals surface area contributed by atoms with E-state index in [-0.39, 0.29) is 24.3 Å². The molecular formula is C10H22BNO2. The molecule has 0 aromatic carbocycles. The second-order valence-corrected chi connectivity index (χ2v) is 5.45. The van der Waals surface area contributed by atoms with Gasteiger partial charge in [-0.25, -0.2) is 0 Å². The maximum Gasteiger partial charge on any atom is 0.476 e. The summed E-state index contributed by atoms with van der Waals surface area (Å²) >= 11 is 0. The Kier molecular flexibility index (Phi) is 3.01. The summed E-state index contributed by atoms with van der Waals surface area (Å²) in [6.07, 6.45) is 0. The summed E-state index contributed by atoms with van der Waals surface area (Å²) in [5.74, 6) is 0.306. The molecule has 1 rings (SSSR count). The highest BCUT2D eigenvalue weighted by Crippen LogP contribution is 2.37. The van der Waals surface area contributed by atoms with E-state index in [1.54, 1.807) is 0 Å². The van der Waals surface area contributed by atoms with E-state index in [2.05, 4.69) is 13.8 Å². The van der Waals surface area contributed by atoms with Gasteiger partial charge < -0.3 is 15.0 Å². The van der Waals surface area contributed by atoms with E-state index in [4.69, 9.17) is 15.0 Å². The van der Waals surface area contributed by atoms with Crippen molar-refractivity contribution < 1.29 is 9.31 Å². The molecule has 0 unspecified atom stereocenters. The molecule has 2 N–H and O–H groups in total. The lowest BCUT2D eigenvalue weighted by molar-refractivity contribution is 0.00578. The Morgan fingerprint density at radius 3 is 1.64 bits per heavy atom. The first-order valence-corrected chi connectivity index (χ1v) is 5.28. The van der Waals surface area contributed by atoms with Gasteiger partial charge in [-0.15, -0.1) is 0 Å². The molecule has 0 aliphatic carbocycles. The van der Waals surface area contributed by atoms with Crippen molar-refractivity contribution in [3.63, 3.8) is 0 Å². The van der Waals surface area contributed by atoms with Crippen LogP contribution >= 0.6 is 0 Å². The van der Waals surface area contributed by atoms with Gasteiger partial charge in [-0.2, -0.15) is 0 Å². The van der Waals surface area contributed by atoms with Gasteiger partial charge >= 0.3 is 7.12 Å². The zero-order chi connectivity index (χ0) is 11.1. The lowest BCUT2D eigenvalue weighted by Gasteiger charge is -2.32. The third-order valence-corrected chi connectivity index (χ3v) is 3.36. The summed E-state index contributed by atoms with van der Waals surface area (Å²) in [7, 11) is -0.278. The van der Waals surface area contributed by atoms with Crippen LogP contribution < -0.4 is 5.73 Å². The molecular weight excluding hydrogens is 177 g/mol. The van der Waals surface area contributed by atoms with E-state index >= 15 is 0 Å². The van der Waals surface area contributed by atoms with E-state index in [0.29, 0.717) is 5.92 Å². The molecule has 0 radical (unpaired) electrons. The SMILES string of the molecule is CC(C)[C@H](N)B1OC(C)(C)C(C)(C)O1. The van der Waals surface area contributed by atoms with Crippen molar-refractivity contribution in [1.29, 1.82) is 0 Å². The lowest BCUT2D eigenvalue weighted by atomic mass is 9.73. The smallest absolute Gasteiger partial charge is 0.402 e. The molecule has 82 valence electrons. The summed E-state index contributed by atoms with van der Waals surface area (Å²) in [5.41, 5.74) is 5.47. The van der Waals surface area contributed by atoms with Crippen molar-refractivity contribution in [3.8, 4) is 0 Å². The molecule has 0 aromatic rings. The summed E-state index contributed by atoms with van der Waals surface area (Å²) in [6.45, 7) is 12.3. The largest absolute Gasteiger partial charge is 0.476 e. The van der Waals surface area contributed by atoms with E-state index in [0.717, 1.165) is 0 Å². The second-order valence-electron chi connectivity index (χ2n) is 5.45. The van der Waals surface area contributed by atoms with Gasteiger partial charge in [0.15, 0.2) is 0 Å². The van der Waals surface area contributed by atoms with E-state index in [1.165, 1.54) is 0 Å². The fourth-order valence-electron chi connectivity index (χ4n) is 1.36. The predicted molar refractivity (Wildman–Crippen MR) is 58.9 cm³/mol. The monoisotopic (exact) mass is 199 g/mol. The molecule has 0 saturated carbocycles. The van der Waals surface area contributed by atoms with Gasteiger partial charge in [0.2, 0.25) is 0 Å². The fraction of sp³-hybridized carbons (Fsp3) is 1.00. The van der Waals surface area contributed by atoms with Gasteiger partial charge in [-0.05, 0) is 33.6 Å². The fourth-order valence-corrected chi connectivity index (χ4v) is 1.36. The van der Waals surface area contributed by atoms with Crippen LogP contribution in [0.25, 0.3) is 0 Å². The molecule has 0 spiro atoms. The van der Waals surface area contributed by atoms with Gasteiger partial charge in [0.1, 0.15) is 0 Å². The maximum atomic E-state index is 6.01. The Labute approximate surface area is 87.5 Å². The van der Waals surface area contributed by atoms with Crippen LogP contribution in [0.15, 0.2) is 0 Å². The molecule has 0 aromatic heterocycles. The average molecular weight is 199 g/mol. The van der Waals surface area contributed by atoms with Gasteiger partial charge in [0.05, 0.1) is 11.2 Å². The molecule has 0 bridgehead atoms. The quantitative estimate of drug-likeness (QED) is 0.687. The molecule has 1 saturated heterocycles. The minimum atomic E-state index is -0.278. The molecule has 1 aliphatic heterocycles. The van der Waals surface area contributed by atoms with Crippen LogP contribution in [0.5, 0.6) is 0 Å². The van der Waals surface area contributed by atoms with E-state index < -0.39 is 0 Å². The summed E-state index contributed by atoms with van der Waals surface area (Å²) in [5, 5.41) is 0. The van der Waals surface area contributed by atoms with Crippen LogP contribution in [0.1, 0.15) is 41.5 Å². The first-order valence-electron chi connectivity index (χ1n) is 5.28. The van der Waals surface area contributed by atoms with Crippen molar-refractivity contribution in [3.05, 3.63) is 0 Å². The zero-order valence-electron chi connectivity index (χ0n) is 10.1. The van der Waals surface area contributed by atoms with Crippen LogP contribution in [0, 0.1) is 5.92 Å². The lowest BCUT2D eigenvalue weighted by Crippen LogP contribution is -2.45. The van der Waals surface area contributed by atoms with Gasteiger partial charge in [0.25, 0.3) is 0 Å². The van der Waals surface area contributed by atoms with E-state index in [1.807, 2.05) is 27.7 Å². The first kappa shape index (κ1) is 12.0. The molecule has 1 atom stereocenters. The van der Waals surface area contributed by atoms with Crippen molar-refractivity contribution in [2.45, 2.75) is 58.7 Å². The van der Waals surface area contributed by atoms with Gasteiger partial charge in [0, 0.05) is 5.94 Å². The van der Waals surface area contributed by atoms with Crippen LogP contribution in [0.4, 0.5) is 0 Å². The van der Waals surface area contributed by atoms with Crippen molar-refractivity contribution in [1.82, 2.24) is 0 Å². The number of hydrogen-bond donors (Lipinski definition) is 1. The van der Waals surface area contributed by atoms with Crippen molar-refractivity contribution in [2.75, 3.05) is 0 Å². The highest BCUT2D eigenvalue weighted by molar-refractivity contribution is 6.47. The summed E-state index contributed by atoms with van der Waals surface area (Å²) < 4.78 is 11.7. The Morgan fingerprint density at radius 1 is 1.00 bits per heavy atom. The van der Waals surface area contributed by atoms with Crippen LogP contribution in [0.3, 0.4) is 0 Å². The zero-order valence-corrected chi connectivity index (χ0v) is 10.1. The maximum absolute atomic E-state index is 6.01. The number of hydrogen-bond acceptors (Lipinski definition) is 3. The second kappa shape index (κ2) is 3.51. The molecule has 1 heterocycles. The van der Waals surface area contributed by atoms with Gasteiger partial charge in [-0.1, -0.05) is 13.8 Å².